The molecule has 2 aromatic carbocycles. The van der Waals surface area contributed by atoms with Crippen LogP contribution >= 0.6 is 11.3 Å². The fourth-order valence-corrected chi connectivity index (χ4v) is 9.45. The van der Waals surface area contributed by atoms with Crippen LogP contribution in [0.5, 0.6) is 0 Å². The van der Waals surface area contributed by atoms with Gasteiger partial charge in [0.15, 0.2) is 4.90 Å². The first-order chi connectivity index (χ1) is 16.9. The number of nitrogens with zero attached hydrogens (tertiary/aromatic N) is 2. The first-order valence-corrected chi connectivity index (χ1v) is 15.8. The van der Waals surface area contributed by atoms with E-state index in [1.54, 1.807) is 42.6 Å². The zero-order chi connectivity index (χ0) is 24.5. The maximum atomic E-state index is 13.1. The largest absolute Gasteiger partial charge is 0.611 e. The summed E-state index contributed by atoms with van der Waals surface area (Å²) in [6.07, 6.45) is 2.97. The molecule has 2 aliphatic heterocycles. The quantitative estimate of drug-likeness (QED) is 0.398. The molecule has 186 valence electrons. The number of thiophene rings is 1. The van der Waals surface area contributed by atoms with Crippen molar-refractivity contribution in [3.63, 3.8) is 0 Å². The van der Waals surface area contributed by atoms with E-state index in [0.29, 0.717) is 11.4 Å². The summed E-state index contributed by atoms with van der Waals surface area (Å²) >= 11 is 0.812. The van der Waals surface area contributed by atoms with Crippen molar-refractivity contribution in [2.24, 2.45) is 0 Å². The van der Waals surface area contributed by atoms with Gasteiger partial charge in [0.1, 0.15) is 5.75 Å². The highest BCUT2D eigenvalue weighted by Crippen LogP contribution is 2.46. The van der Waals surface area contributed by atoms with Crippen LogP contribution in [-0.2, 0) is 26.6 Å². The maximum absolute atomic E-state index is 13.1. The number of likely N-dealkylation sites (N-methyl/N-ethyl adjacent to an activating group) is 1. The van der Waals surface area contributed by atoms with Crippen LogP contribution in [0.15, 0.2) is 81.9 Å². The predicted octanol–water partition coefficient (Wildman–Crippen LogP) is 4.70. The van der Waals surface area contributed by atoms with Crippen LogP contribution in [0.1, 0.15) is 35.6 Å². The van der Waals surface area contributed by atoms with Crippen molar-refractivity contribution in [1.29, 1.82) is 0 Å². The number of piperidine rings is 1. The molecule has 2 atom stereocenters. The molecule has 5 rings (SSSR count). The standard InChI is InChI=1S/C27H32N2O3S3/c1-28(35(31,32)23-8-3-2-4-9-23)20-22(25-11-7-19-33-25)13-16-29-17-14-27(15-18-29)21-34(30)26-12-6-5-10-24(26)27/h2-12,19,22H,13-18,20-21H2,1H3/t22-,34+/m1/s1. The molecule has 0 amide bonds. The van der Waals surface area contributed by atoms with Gasteiger partial charge in [-0.15, -0.1) is 11.3 Å². The molecule has 0 bridgehead atoms. The summed E-state index contributed by atoms with van der Waals surface area (Å²) in [6.45, 7) is 3.37. The number of fused-ring (bicyclic) bond motifs is 2. The van der Waals surface area contributed by atoms with Crippen LogP contribution in [0.3, 0.4) is 0 Å². The molecule has 0 radical (unpaired) electrons. The van der Waals surface area contributed by atoms with E-state index in [0.717, 1.165) is 49.5 Å². The zero-order valence-corrected chi connectivity index (χ0v) is 22.5. The van der Waals surface area contributed by atoms with E-state index in [2.05, 4.69) is 28.5 Å². The number of hydrogen-bond donors (Lipinski definition) is 0. The van der Waals surface area contributed by atoms with Gasteiger partial charge in [0, 0.05) is 35.4 Å². The van der Waals surface area contributed by atoms with E-state index in [4.69, 9.17) is 0 Å². The molecule has 0 unspecified atom stereocenters. The Bertz CT molecular complexity index is 1220. The highest BCUT2D eigenvalue weighted by Gasteiger charge is 2.48. The minimum absolute atomic E-state index is 0.0507. The first kappa shape index (κ1) is 25.0. The Morgan fingerprint density at radius 3 is 2.49 bits per heavy atom. The highest BCUT2D eigenvalue weighted by atomic mass is 32.2. The van der Waals surface area contributed by atoms with Gasteiger partial charge in [0.2, 0.25) is 10.0 Å². The summed E-state index contributed by atoms with van der Waals surface area (Å²) in [6, 6.07) is 21.1. The molecule has 1 spiro atoms. The van der Waals surface area contributed by atoms with Crippen molar-refractivity contribution in [2.75, 3.05) is 39.0 Å². The van der Waals surface area contributed by atoms with Crippen LogP contribution < -0.4 is 0 Å². The molecule has 1 saturated heterocycles. The van der Waals surface area contributed by atoms with E-state index in [9.17, 15) is 13.0 Å². The van der Waals surface area contributed by atoms with Gasteiger partial charge in [-0.2, -0.15) is 0 Å². The molecule has 0 aliphatic carbocycles. The summed E-state index contributed by atoms with van der Waals surface area (Å²) in [4.78, 5) is 5.10. The maximum Gasteiger partial charge on any atom is 0.242 e. The molecule has 2 aliphatic rings. The van der Waals surface area contributed by atoms with Gasteiger partial charge >= 0.3 is 0 Å². The molecule has 3 heterocycles. The lowest BCUT2D eigenvalue weighted by molar-refractivity contribution is 0.165. The summed E-state index contributed by atoms with van der Waals surface area (Å²) < 4.78 is 40.4. The number of rotatable bonds is 8. The highest BCUT2D eigenvalue weighted by molar-refractivity contribution is 7.91. The fraction of sp³-hybridized carbons (Fsp3) is 0.407. The van der Waals surface area contributed by atoms with Crippen molar-refractivity contribution in [3.05, 3.63) is 82.6 Å². The molecule has 0 saturated carbocycles. The van der Waals surface area contributed by atoms with Crippen molar-refractivity contribution in [2.45, 2.75) is 40.4 Å². The average Bonchev–Trinajstić information content (AvgIpc) is 3.51. The lowest BCUT2D eigenvalue weighted by atomic mass is 9.74. The molecule has 35 heavy (non-hydrogen) atoms. The molecular weight excluding hydrogens is 497 g/mol. The smallest absolute Gasteiger partial charge is 0.242 e. The Balaban J connectivity index is 1.23. The van der Waals surface area contributed by atoms with Crippen LogP contribution in [0.2, 0.25) is 0 Å². The second-order valence-corrected chi connectivity index (χ2v) is 14.2. The lowest BCUT2D eigenvalue weighted by Gasteiger charge is -2.38. The third kappa shape index (κ3) is 5.10. The zero-order valence-electron chi connectivity index (χ0n) is 20.0. The summed E-state index contributed by atoms with van der Waals surface area (Å²) in [5.74, 6) is 0.897. The monoisotopic (exact) mass is 528 g/mol. The van der Waals surface area contributed by atoms with Crippen molar-refractivity contribution >= 4 is 32.5 Å². The molecule has 8 heteroatoms. The van der Waals surface area contributed by atoms with Crippen molar-refractivity contribution in [1.82, 2.24) is 9.21 Å². The summed E-state index contributed by atoms with van der Waals surface area (Å²) in [5, 5.41) is 2.07. The van der Waals surface area contributed by atoms with E-state index in [1.165, 1.54) is 14.7 Å². The minimum atomic E-state index is -3.52. The molecule has 3 aromatic rings. The average molecular weight is 529 g/mol. The molecule has 5 nitrogen and oxygen atoms in total. The molecule has 0 N–H and O–H groups in total. The van der Waals surface area contributed by atoms with Crippen LogP contribution in [-0.4, -0.2) is 61.2 Å². The van der Waals surface area contributed by atoms with Gasteiger partial charge in [-0.25, -0.2) is 12.7 Å². The molecular formula is C27H32N2O3S3. The van der Waals surface area contributed by atoms with E-state index < -0.39 is 21.2 Å². The molecule has 1 aromatic heterocycles. The Hall–Kier alpha value is -1.68. The topological polar surface area (TPSA) is 63.7 Å². The normalized spacial score (nSPS) is 20.8. The van der Waals surface area contributed by atoms with Gasteiger partial charge in [-0.05, 0) is 79.7 Å². The second-order valence-electron chi connectivity index (χ2n) is 9.71. The summed E-state index contributed by atoms with van der Waals surface area (Å²) in [7, 11) is -1.84. The minimum Gasteiger partial charge on any atom is -0.611 e. The van der Waals surface area contributed by atoms with Crippen LogP contribution in [0.4, 0.5) is 0 Å². The van der Waals surface area contributed by atoms with Gasteiger partial charge in [0.25, 0.3) is 0 Å². The Morgan fingerprint density at radius 2 is 1.77 bits per heavy atom. The number of benzene rings is 2. The Morgan fingerprint density at radius 1 is 1.06 bits per heavy atom. The third-order valence-electron chi connectivity index (χ3n) is 7.59. The predicted molar refractivity (Wildman–Crippen MR) is 143 cm³/mol. The number of likely N-dealkylation sites (tertiary alicyclic amines) is 1. The van der Waals surface area contributed by atoms with Gasteiger partial charge < -0.3 is 9.45 Å². The van der Waals surface area contributed by atoms with E-state index in [1.807, 2.05) is 24.3 Å². The first-order valence-electron chi connectivity index (χ1n) is 12.1. The fourth-order valence-electron chi connectivity index (χ4n) is 5.49. The number of sulfonamides is 1. The van der Waals surface area contributed by atoms with Crippen LogP contribution in [0, 0.1) is 0 Å². The van der Waals surface area contributed by atoms with Crippen molar-refractivity contribution < 1.29 is 13.0 Å². The van der Waals surface area contributed by atoms with E-state index in [-0.39, 0.29) is 11.3 Å². The third-order valence-corrected chi connectivity index (χ3v) is 12.1. The van der Waals surface area contributed by atoms with Crippen molar-refractivity contribution in [3.8, 4) is 0 Å². The molecule has 1 fully saturated rings. The van der Waals surface area contributed by atoms with Crippen LogP contribution in [0.25, 0.3) is 0 Å². The second kappa shape index (κ2) is 10.4. The Kier molecular flexibility index (Phi) is 7.40. The van der Waals surface area contributed by atoms with Gasteiger partial charge in [0.05, 0.1) is 4.90 Å². The SMILES string of the molecule is CN(C[C@@H](CCN1CCC2(CC1)C[S@+]([O-])c1ccccc12)c1cccs1)S(=O)(=O)c1ccccc1. The van der Waals surface area contributed by atoms with Gasteiger partial charge in [-0.1, -0.05) is 42.5 Å². The number of hydrogen-bond acceptors (Lipinski definition) is 5. The lowest BCUT2D eigenvalue weighted by Crippen LogP contribution is -2.44. The summed E-state index contributed by atoms with van der Waals surface area (Å²) in [5.41, 5.74) is 1.34. The van der Waals surface area contributed by atoms with Gasteiger partial charge in [-0.3, -0.25) is 0 Å². The van der Waals surface area contributed by atoms with E-state index >= 15 is 0 Å². The Labute approximate surface area is 216 Å².